The average Bonchev–Trinajstić information content (AvgIpc) is 2.62. The number of fused-ring (bicyclic) bond motifs is 1. The van der Waals surface area contributed by atoms with Crippen molar-refractivity contribution in [3.8, 4) is 5.75 Å². The summed E-state index contributed by atoms with van der Waals surface area (Å²) in [6.07, 6.45) is 0. The summed E-state index contributed by atoms with van der Waals surface area (Å²) in [7, 11) is 0. The van der Waals surface area contributed by atoms with E-state index in [1.165, 1.54) is 0 Å². The van der Waals surface area contributed by atoms with Gasteiger partial charge in [0, 0.05) is 5.69 Å². The van der Waals surface area contributed by atoms with Crippen molar-refractivity contribution < 1.29 is 23.9 Å². The van der Waals surface area contributed by atoms with Crippen LogP contribution in [0.4, 0.5) is 11.4 Å². The Labute approximate surface area is 150 Å². The Hall–Kier alpha value is -3.35. The zero-order valence-electron chi connectivity index (χ0n) is 14.2. The molecule has 1 N–H and O–H groups in total. The van der Waals surface area contributed by atoms with E-state index < -0.39 is 11.9 Å². The number of anilines is 2. The second-order valence-electron chi connectivity index (χ2n) is 5.64. The quantitative estimate of drug-likeness (QED) is 0.655. The summed E-state index contributed by atoms with van der Waals surface area (Å²) in [5.74, 6) is -0.655. The van der Waals surface area contributed by atoms with Crippen molar-refractivity contribution in [3.63, 3.8) is 0 Å². The van der Waals surface area contributed by atoms with Gasteiger partial charge in [-0.15, -0.1) is 0 Å². The molecule has 0 aromatic heterocycles. The van der Waals surface area contributed by atoms with Gasteiger partial charge in [-0.05, 0) is 43.3 Å². The second-order valence-corrected chi connectivity index (χ2v) is 5.64. The van der Waals surface area contributed by atoms with Gasteiger partial charge in [-0.2, -0.15) is 0 Å². The third-order valence-corrected chi connectivity index (χ3v) is 3.76. The van der Waals surface area contributed by atoms with Crippen molar-refractivity contribution in [2.45, 2.75) is 6.92 Å². The molecule has 1 amide bonds. The molecule has 0 radical (unpaired) electrons. The van der Waals surface area contributed by atoms with E-state index in [-0.39, 0.29) is 19.0 Å². The van der Waals surface area contributed by atoms with E-state index in [0.29, 0.717) is 29.3 Å². The van der Waals surface area contributed by atoms with Crippen LogP contribution in [0.5, 0.6) is 5.75 Å². The first-order chi connectivity index (χ1) is 12.6. The van der Waals surface area contributed by atoms with Gasteiger partial charge in [0.1, 0.15) is 6.54 Å². The first-order valence-corrected chi connectivity index (χ1v) is 8.18. The van der Waals surface area contributed by atoms with Crippen LogP contribution in [0.2, 0.25) is 0 Å². The highest BCUT2D eigenvalue weighted by atomic mass is 16.5. The number of hydrogen-bond donors (Lipinski definition) is 1. The highest BCUT2D eigenvalue weighted by molar-refractivity contribution is 5.97. The van der Waals surface area contributed by atoms with E-state index in [9.17, 15) is 14.4 Å². The van der Waals surface area contributed by atoms with Crippen LogP contribution in [0.25, 0.3) is 0 Å². The van der Waals surface area contributed by atoms with Crippen LogP contribution in [0.15, 0.2) is 48.5 Å². The fourth-order valence-electron chi connectivity index (χ4n) is 2.62. The normalized spacial score (nSPS) is 12.8. The SMILES string of the molecule is CCOC(=O)c1ccc(NC(=O)CN2CC(=O)Oc3ccccc32)cc1. The molecule has 0 unspecified atom stereocenters. The lowest BCUT2D eigenvalue weighted by Gasteiger charge is -2.29. The van der Waals surface area contributed by atoms with Crippen molar-refractivity contribution in [2.24, 2.45) is 0 Å². The minimum absolute atomic E-state index is 0.00570. The number of carbonyl (C=O) groups excluding carboxylic acids is 3. The molecular formula is C19H18N2O5. The molecule has 26 heavy (non-hydrogen) atoms. The summed E-state index contributed by atoms with van der Waals surface area (Å²) >= 11 is 0. The van der Waals surface area contributed by atoms with E-state index in [1.807, 2.05) is 6.07 Å². The van der Waals surface area contributed by atoms with Gasteiger partial charge >= 0.3 is 11.9 Å². The smallest absolute Gasteiger partial charge is 0.338 e. The fraction of sp³-hybridized carbons (Fsp3) is 0.211. The molecule has 1 heterocycles. The molecule has 0 saturated heterocycles. The molecule has 1 aliphatic rings. The summed E-state index contributed by atoms with van der Waals surface area (Å²) in [5.41, 5.74) is 1.66. The topological polar surface area (TPSA) is 84.9 Å². The Morgan fingerprint density at radius 3 is 2.62 bits per heavy atom. The molecule has 0 fully saturated rings. The van der Waals surface area contributed by atoms with Gasteiger partial charge in [0.05, 0.1) is 24.4 Å². The Balaban J connectivity index is 1.64. The minimum atomic E-state index is -0.409. The van der Waals surface area contributed by atoms with Crippen molar-refractivity contribution in [2.75, 3.05) is 29.9 Å². The first-order valence-electron chi connectivity index (χ1n) is 8.18. The number of ether oxygens (including phenoxy) is 2. The largest absolute Gasteiger partial charge is 0.462 e. The molecule has 3 rings (SSSR count). The number of hydrogen-bond acceptors (Lipinski definition) is 6. The van der Waals surface area contributed by atoms with Crippen LogP contribution in [0.1, 0.15) is 17.3 Å². The molecule has 0 aliphatic carbocycles. The lowest BCUT2D eigenvalue weighted by molar-refractivity contribution is -0.133. The number of carbonyl (C=O) groups is 3. The molecule has 0 bridgehead atoms. The van der Waals surface area contributed by atoms with Gasteiger partial charge in [0.25, 0.3) is 0 Å². The maximum absolute atomic E-state index is 12.3. The second kappa shape index (κ2) is 7.69. The van der Waals surface area contributed by atoms with Crippen LogP contribution < -0.4 is 15.0 Å². The summed E-state index contributed by atoms with van der Waals surface area (Å²) in [6.45, 7) is 2.05. The molecule has 7 heteroatoms. The van der Waals surface area contributed by atoms with Crippen molar-refractivity contribution in [1.82, 2.24) is 0 Å². The monoisotopic (exact) mass is 354 g/mol. The highest BCUT2D eigenvalue weighted by Gasteiger charge is 2.25. The van der Waals surface area contributed by atoms with Gasteiger partial charge in [-0.25, -0.2) is 9.59 Å². The number of nitrogens with one attached hydrogen (secondary N) is 1. The lowest BCUT2D eigenvalue weighted by atomic mass is 10.2. The third-order valence-electron chi connectivity index (χ3n) is 3.76. The minimum Gasteiger partial charge on any atom is -0.462 e. The van der Waals surface area contributed by atoms with E-state index >= 15 is 0 Å². The van der Waals surface area contributed by atoms with Gasteiger partial charge in [0.2, 0.25) is 5.91 Å². The van der Waals surface area contributed by atoms with E-state index in [0.717, 1.165) is 0 Å². The first kappa shape index (κ1) is 17.5. The predicted molar refractivity (Wildman–Crippen MR) is 95.3 cm³/mol. The standard InChI is InChI=1S/C19H18N2O5/c1-2-25-19(24)13-7-9-14(10-8-13)20-17(22)11-21-12-18(23)26-16-6-4-3-5-15(16)21/h3-10H,2,11-12H2,1H3,(H,20,22). The number of esters is 2. The zero-order chi connectivity index (χ0) is 18.5. The van der Waals surface area contributed by atoms with Crippen LogP contribution >= 0.6 is 0 Å². The predicted octanol–water partition coefficient (Wildman–Crippen LogP) is 2.23. The molecule has 2 aromatic carbocycles. The molecule has 0 atom stereocenters. The van der Waals surface area contributed by atoms with Crippen molar-refractivity contribution in [1.29, 1.82) is 0 Å². The zero-order valence-corrected chi connectivity index (χ0v) is 14.2. The summed E-state index contributed by atoms with van der Waals surface area (Å²) in [6, 6.07) is 13.5. The third kappa shape index (κ3) is 4.00. The van der Waals surface area contributed by atoms with Gasteiger partial charge in [-0.1, -0.05) is 12.1 Å². The number of benzene rings is 2. The lowest BCUT2D eigenvalue weighted by Crippen LogP contribution is -2.41. The number of nitrogens with zero attached hydrogens (tertiary/aromatic N) is 1. The van der Waals surface area contributed by atoms with E-state index in [4.69, 9.17) is 9.47 Å². The molecule has 1 aliphatic heterocycles. The Morgan fingerprint density at radius 2 is 1.88 bits per heavy atom. The van der Waals surface area contributed by atoms with Crippen LogP contribution in [0.3, 0.4) is 0 Å². The van der Waals surface area contributed by atoms with Crippen molar-refractivity contribution in [3.05, 3.63) is 54.1 Å². The van der Waals surface area contributed by atoms with Crippen LogP contribution in [-0.4, -0.2) is 37.5 Å². The number of para-hydroxylation sites is 2. The van der Waals surface area contributed by atoms with Gasteiger partial charge in [0.15, 0.2) is 5.75 Å². The Kier molecular flexibility index (Phi) is 5.17. The maximum Gasteiger partial charge on any atom is 0.338 e. The maximum atomic E-state index is 12.3. The van der Waals surface area contributed by atoms with Crippen LogP contribution in [0, 0.1) is 0 Å². The molecule has 0 spiro atoms. The van der Waals surface area contributed by atoms with Gasteiger partial charge < -0.3 is 19.7 Å². The molecule has 7 nitrogen and oxygen atoms in total. The van der Waals surface area contributed by atoms with Gasteiger partial charge in [-0.3, -0.25) is 4.79 Å². The molecule has 134 valence electrons. The summed E-state index contributed by atoms with van der Waals surface area (Å²) < 4.78 is 10.1. The van der Waals surface area contributed by atoms with Crippen molar-refractivity contribution >= 4 is 29.2 Å². The summed E-state index contributed by atoms with van der Waals surface area (Å²) in [5, 5.41) is 2.75. The van der Waals surface area contributed by atoms with Crippen LogP contribution in [-0.2, 0) is 14.3 Å². The fourth-order valence-corrected chi connectivity index (χ4v) is 2.62. The summed E-state index contributed by atoms with van der Waals surface area (Å²) in [4.78, 5) is 37.3. The number of rotatable bonds is 5. The van der Waals surface area contributed by atoms with E-state index in [1.54, 1.807) is 54.3 Å². The highest BCUT2D eigenvalue weighted by Crippen LogP contribution is 2.31. The molecular weight excluding hydrogens is 336 g/mol. The van der Waals surface area contributed by atoms with E-state index in [2.05, 4.69) is 5.32 Å². The Morgan fingerprint density at radius 1 is 1.15 bits per heavy atom. The average molecular weight is 354 g/mol. The number of amides is 1. The molecule has 0 saturated carbocycles. The Bertz CT molecular complexity index is 832. The molecule has 2 aromatic rings.